The van der Waals surface area contributed by atoms with Gasteiger partial charge in [0.2, 0.25) is 0 Å². The fourth-order valence-electron chi connectivity index (χ4n) is 3.92. The minimum atomic E-state index is -1.04. The molecule has 4 rings (SSSR count). The Bertz CT molecular complexity index is 1210. The summed E-state index contributed by atoms with van der Waals surface area (Å²) < 4.78 is 7.02. The molecule has 0 unspecified atom stereocenters. The number of pyridine rings is 1. The molecule has 0 bridgehead atoms. The molecule has 0 saturated heterocycles. The Labute approximate surface area is 178 Å². The number of hydrogen-bond donors (Lipinski definition) is 2. The smallest absolute Gasteiger partial charge is 0.335 e. The molecule has 2 N–H and O–H groups in total. The lowest BCUT2D eigenvalue weighted by molar-refractivity contribution is -0.135. The Hall–Kier alpha value is -3.87. The summed E-state index contributed by atoms with van der Waals surface area (Å²) in [6.07, 6.45) is 0.604. The molecule has 158 valence electrons. The number of carboxylic acid groups (broad SMARTS) is 1. The molecule has 1 aromatic heterocycles. The van der Waals surface area contributed by atoms with Crippen LogP contribution < -0.4 is 10.3 Å². The maximum atomic E-state index is 13.4. The normalized spacial score (nSPS) is 15.3. The van der Waals surface area contributed by atoms with Crippen LogP contribution in [0.25, 0.3) is 0 Å². The second-order valence-electron chi connectivity index (χ2n) is 7.59. The maximum Gasteiger partial charge on any atom is 0.335 e. The molecule has 1 atom stereocenters. The van der Waals surface area contributed by atoms with Crippen molar-refractivity contribution in [1.29, 1.82) is 0 Å². The number of aromatic hydroxyl groups is 1. The van der Waals surface area contributed by atoms with Crippen LogP contribution >= 0.6 is 0 Å². The number of esters is 1. The van der Waals surface area contributed by atoms with Crippen LogP contribution in [0, 0.1) is 6.92 Å². The third kappa shape index (κ3) is 4.07. The molecule has 2 heterocycles. The second kappa shape index (κ2) is 8.10. The number of aryl methyl sites for hydroxylation is 2. The van der Waals surface area contributed by atoms with Crippen molar-refractivity contribution in [1.82, 2.24) is 4.57 Å². The first-order valence-corrected chi connectivity index (χ1v) is 9.89. The van der Waals surface area contributed by atoms with Crippen LogP contribution in [0.15, 0.2) is 59.4 Å². The number of rotatable bonds is 5. The number of aromatic carboxylic acids is 1. The number of carbonyl (C=O) groups excluding carboxylic acids is 1. The van der Waals surface area contributed by atoms with Gasteiger partial charge in [-0.2, -0.15) is 0 Å². The fraction of sp³-hybridized carbons (Fsp3) is 0.208. The minimum Gasteiger partial charge on any atom is -0.508 e. The fourth-order valence-corrected chi connectivity index (χ4v) is 3.92. The summed E-state index contributed by atoms with van der Waals surface area (Å²) in [4.78, 5) is 36.7. The van der Waals surface area contributed by atoms with Gasteiger partial charge in [-0.1, -0.05) is 24.3 Å². The Morgan fingerprint density at radius 2 is 1.77 bits per heavy atom. The summed E-state index contributed by atoms with van der Waals surface area (Å²) in [5, 5.41) is 18.6. The van der Waals surface area contributed by atoms with E-state index in [1.54, 1.807) is 41.8 Å². The van der Waals surface area contributed by atoms with Crippen LogP contribution in [-0.2, 0) is 17.8 Å². The number of ether oxygens (including phenoxy) is 1. The van der Waals surface area contributed by atoms with Crippen molar-refractivity contribution in [2.45, 2.75) is 32.2 Å². The van der Waals surface area contributed by atoms with E-state index >= 15 is 0 Å². The molecule has 7 nitrogen and oxygen atoms in total. The quantitative estimate of drug-likeness (QED) is 0.615. The number of benzene rings is 2. The number of carbonyl (C=O) groups is 2. The Morgan fingerprint density at radius 1 is 1.10 bits per heavy atom. The molecule has 3 aromatic rings. The number of hydrogen-bond acceptors (Lipinski definition) is 5. The molecule has 0 saturated carbocycles. The SMILES string of the molecule is Cc1cc2c(c(=O)n1CCc1ccc(O)cc1)[C@@H](c1ccc(C(=O)O)cc1)CC(=O)O2. The van der Waals surface area contributed by atoms with E-state index in [-0.39, 0.29) is 29.0 Å². The van der Waals surface area contributed by atoms with Crippen LogP contribution in [0.2, 0.25) is 0 Å². The van der Waals surface area contributed by atoms with E-state index < -0.39 is 17.9 Å². The van der Waals surface area contributed by atoms with Gasteiger partial charge in [0.15, 0.2) is 0 Å². The topological polar surface area (TPSA) is 106 Å². The summed E-state index contributed by atoms with van der Waals surface area (Å²) >= 11 is 0. The van der Waals surface area contributed by atoms with Gasteiger partial charge in [-0.3, -0.25) is 9.59 Å². The highest BCUT2D eigenvalue weighted by Crippen LogP contribution is 2.37. The molecule has 1 aliphatic heterocycles. The van der Waals surface area contributed by atoms with Gasteiger partial charge in [0.05, 0.1) is 17.5 Å². The van der Waals surface area contributed by atoms with Gasteiger partial charge in [-0.25, -0.2) is 4.79 Å². The zero-order chi connectivity index (χ0) is 22.1. The van der Waals surface area contributed by atoms with Gasteiger partial charge in [0.1, 0.15) is 11.5 Å². The second-order valence-corrected chi connectivity index (χ2v) is 7.59. The average molecular weight is 419 g/mol. The Morgan fingerprint density at radius 3 is 2.42 bits per heavy atom. The maximum absolute atomic E-state index is 13.4. The van der Waals surface area contributed by atoms with Crippen molar-refractivity contribution in [2.75, 3.05) is 0 Å². The van der Waals surface area contributed by atoms with E-state index in [1.165, 1.54) is 12.1 Å². The number of phenolic OH excluding ortho intramolecular Hbond substituents is 1. The first-order valence-electron chi connectivity index (χ1n) is 9.89. The summed E-state index contributed by atoms with van der Waals surface area (Å²) in [6.45, 7) is 2.22. The third-order valence-electron chi connectivity index (χ3n) is 5.57. The number of aromatic nitrogens is 1. The van der Waals surface area contributed by atoms with E-state index in [0.29, 0.717) is 29.8 Å². The molecule has 0 radical (unpaired) electrons. The largest absolute Gasteiger partial charge is 0.508 e. The lowest BCUT2D eigenvalue weighted by atomic mass is 9.86. The van der Waals surface area contributed by atoms with Crippen LogP contribution in [-0.4, -0.2) is 26.7 Å². The summed E-state index contributed by atoms with van der Waals surface area (Å²) in [5.41, 5.74) is 2.66. The number of phenols is 1. The van der Waals surface area contributed by atoms with E-state index in [0.717, 1.165) is 5.56 Å². The van der Waals surface area contributed by atoms with E-state index in [9.17, 15) is 19.5 Å². The summed E-state index contributed by atoms with van der Waals surface area (Å²) in [7, 11) is 0. The third-order valence-corrected chi connectivity index (χ3v) is 5.57. The molecule has 31 heavy (non-hydrogen) atoms. The predicted octanol–water partition coefficient (Wildman–Crippen LogP) is 3.24. The van der Waals surface area contributed by atoms with Crippen molar-refractivity contribution in [3.63, 3.8) is 0 Å². The summed E-state index contributed by atoms with van der Waals surface area (Å²) in [5.74, 6) is -1.54. The van der Waals surface area contributed by atoms with Gasteiger partial charge < -0.3 is 19.5 Å². The van der Waals surface area contributed by atoms with Gasteiger partial charge in [-0.05, 0) is 48.7 Å². The molecular formula is C24H21NO6. The standard InChI is InChI=1S/C24H21NO6/c1-14-12-20-22(23(28)25(14)11-10-15-2-8-18(26)9-3-15)19(13-21(27)31-20)16-4-6-17(7-5-16)24(29)30/h2-9,12,19,26H,10-11,13H2,1H3,(H,29,30)/t19-/m1/s1. The number of fused-ring (bicyclic) bond motifs is 1. The molecule has 0 aliphatic carbocycles. The number of nitrogens with zero attached hydrogens (tertiary/aromatic N) is 1. The Kier molecular flexibility index (Phi) is 5.33. The molecule has 7 heteroatoms. The van der Waals surface area contributed by atoms with Crippen molar-refractivity contribution in [3.05, 3.63) is 92.9 Å². The highest BCUT2D eigenvalue weighted by Gasteiger charge is 2.32. The Balaban J connectivity index is 1.72. The van der Waals surface area contributed by atoms with Gasteiger partial charge in [-0.15, -0.1) is 0 Å². The predicted molar refractivity (Wildman–Crippen MR) is 113 cm³/mol. The van der Waals surface area contributed by atoms with E-state index in [4.69, 9.17) is 9.84 Å². The molecular weight excluding hydrogens is 398 g/mol. The van der Waals surface area contributed by atoms with Crippen LogP contribution in [0.5, 0.6) is 11.5 Å². The molecule has 1 aliphatic rings. The van der Waals surface area contributed by atoms with Gasteiger partial charge >= 0.3 is 11.9 Å². The first kappa shape index (κ1) is 20.4. The van der Waals surface area contributed by atoms with Gasteiger partial charge in [0.25, 0.3) is 5.56 Å². The molecule has 0 amide bonds. The van der Waals surface area contributed by atoms with Crippen LogP contribution in [0.3, 0.4) is 0 Å². The summed E-state index contributed by atoms with van der Waals surface area (Å²) in [6, 6.07) is 14.7. The highest BCUT2D eigenvalue weighted by molar-refractivity contribution is 5.87. The minimum absolute atomic E-state index is 0.00960. The highest BCUT2D eigenvalue weighted by atomic mass is 16.5. The lowest BCUT2D eigenvalue weighted by Crippen LogP contribution is -2.33. The van der Waals surface area contributed by atoms with Crippen molar-refractivity contribution in [3.8, 4) is 11.5 Å². The van der Waals surface area contributed by atoms with Gasteiger partial charge in [0, 0.05) is 24.2 Å². The van der Waals surface area contributed by atoms with Crippen molar-refractivity contribution >= 4 is 11.9 Å². The molecule has 2 aromatic carbocycles. The zero-order valence-electron chi connectivity index (χ0n) is 16.9. The van der Waals surface area contributed by atoms with Crippen LogP contribution in [0.1, 0.15) is 45.1 Å². The molecule has 0 spiro atoms. The zero-order valence-corrected chi connectivity index (χ0v) is 16.9. The number of carboxylic acids is 1. The first-order chi connectivity index (χ1) is 14.8. The van der Waals surface area contributed by atoms with E-state index in [1.807, 2.05) is 12.1 Å². The molecule has 0 fully saturated rings. The van der Waals surface area contributed by atoms with Crippen molar-refractivity contribution < 1.29 is 24.5 Å². The van der Waals surface area contributed by atoms with Crippen LogP contribution in [0.4, 0.5) is 0 Å². The average Bonchev–Trinajstić information content (AvgIpc) is 2.74. The monoisotopic (exact) mass is 419 g/mol. The van der Waals surface area contributed by atoms with Crippen molar-refractivity contribution in [2.24, 2.45) is 0 Å². The van der Waals surface area contributed by atoms with E-state index in [2.05, 4.69) is 0 Å². The lowest BCUT2D eigenvalue weighted by Gasteiger charge is -2.26.